The lowest BCUT2D eigenvalue weighted by molar-refractivity contribution is -0.130. The van der Waals surface area contributed by atoms with Crippen LogP contribution in [0.5, 0.6) is 0 Å². The van der Waals surface area contributed by atoms with Crippen LogP contribution in [0.3, 0.4) is 0 Å². The van der Waals surface area contributed by atoms with Crippen LogP contribution in [0, 0.1) is 11.8 Å². The maximum atomic E-state index is 12.5. The van der Waals surface area contributed by atoms with Crippen molar-refractivity contribution in [3.63, 3.8) is 0 Å². The van der Waals surface area contributed by atoms with Crippen molar-refractivity contribution in [2.75, 3.05) is 13.1 Å². The third-order valence-electron chi connectivity index (χ3n) is 5.70. The predicted octanol–water partition coefficient (Wildman–Crippen LogP) is 0.276. The molecule has 3 N–H and O–H groups in total. The first kappa shape index (κ1) is 16.1. The number of likely N-dealkylation sites (tertiary alicyclic amines) is 1. The van der Waals surface area contributed by atoms with E-state index in [4.69, 9.17) is 5.73 Å². The number of H-pyrrole nitrogens is 1. The highest BCUT2D eigenvalue weighted by molar-refractivity contribution is 5.80. The number of benzene rings is 1. The molecule has 1 saturated carbocycles. The lowest BCUT2D eigenvalue weighted by Crippen LogP contribution is -2.35. The number of aromatic nitrogens is 2. The van der Waals surface area contributed by atoms with Crippen LogP contribution in [0.4, 0.5) is 0 Å². The monoisotopic (exact) mass is 342 g/mol. The number of nitrogens with zero attached hydrogens (tertiary/aromatic N) is 2. The van der Waals surface area contributed by atoms with Crippen LogP contribution >= 0.6 is 0 Å². The zero-order valence-electron chi connectivity index (χ0n) is 14.0. The van der Waals surface area contributed by atoms with Crippen molar-refractivity contribution in [1.82, 2.24) is 14.7 Å². The van der Waals surface area contributed by atoms with Gasteiger partial charge in [0.05, 0.1) is 17.3 Å². The van der Waals surface area contributed by atoms with Gasteiger partial charge in [-0.2, -0.15) is 0 Å². The summed E-state index contributed by atoms with van der Waals surface area (Å²) in [6.07, 6.45) is 2.33. The van der Waals surface area contributed by atoms with Crippen molar-refractivity contribution in [2.24, 2.45) is 17.6 Å². The standard InChI is InChI=1S/C18H22N4O3/c19-15-6-5-11-9-21(10-14(11)15)16(23)7-8-22-18(25)13-4-2-1-3-12(13)17(24)20-22/h1-4,11,14-15H,5-10,19H2,(H,20,24). The van der Waals surface area contributed by atoms with Crippen LogP contribution in [0.1, 0.15) is 19.3 Å². The Kier molecular flexibility index (Phi) is 3.95. The molecule has 4 rings (SSSR count). The molecule has 132 valence electrons. The number of nitrogens with one attached hydrogen (secondary N) is 1. The number of rotatable bonds is 3. The summed E-state index contributed by atoms with van der Waals surface area (Å²) in [5.41, 5.74) is 5.52. The van der Waals surface area contributed by atoms with Gasteiger partial charge in [0, 0.05) is 25.6 Å². The Balaban J connectivity index is 1.48. The molecular weight excluding hydrogens is 320 g/mol. The van der Waals surface area contributed by atoms with Gasteiger partial charge in [0.25, 0.3) is 11.1 Å². The number of aryl methyl sites for hydroxylation is 1. The van der Waals surface area contributed by atoms with E-state index in [1.807, 2.05) is 4.90 Å². The van der Waals surface area contributed by atoms with Gasteiger partial charge >= 0.3 is 0 Å². The molecule has 0 spiro atoms. The first-order valence-electron chi connectivity index (χ1n) is 8.80. The highest BCUT2D eigenvalue weighted by Crippen LogP contribution is 2.37. The molecule has 0 radical (unpaired) electrons. The Hall–Kier alpha value is -2.41. The predicted molar refractivity (Wildman–Crippen MR) is 94.2 cm³/mol. The first-order chi connectivity index (χ1) is 12.0. The van der Waals surface area contributed by atoms with Crippen LogP contribution in [0.2, 0.25) is 0 Å². The second-order valence-corrected chi connectivity index (χ2v) is 7.16. The van der Waals surface area contributed by atoms with Crippen molar-refractivity contribution < 1.29 is 4.79 Å². The molecule has 1 amide bonds. The van der Waals surface area contributed by atoms with Gasteiger partial charge in [-0.05, 0) is 36.8 Å². The minimum Gasteiger partial charge on any atom is -0.342 e. The SMILES string of the molecule is NC1CCC2CN(C(=O)CCn3[nH]c(=O)c4ccccc4c3=O)CC12. The molecule has 2 aliphatic rings. The maximum Gasteiger partial charge on any atom is 0.273 e. The number of amides is 1. The number of carbonyl (C=O) groups excluding carboxylic acids is 1. The van der Waals surface area contributed by atoms with E-state index in [0.717, 1.165) is 19.4 Å². The van der Waals surface area contributed by atoms with E-state index in [1.165, 1.54) is 4.68 Å². The molecule has 1 aromatic carbocycles. The summed E-state index contributed by atoms with van der Waals surface area (Å²) >= 11 is 0. The Morgan fingerprint density at radius 2 is 1.92 bits per heavy atom. The van der Waals surface area contributed by atoms with Gasteiger partial charge in [0.1, 0.15) is 0 Å². The van der Waals surface area contributed by atoms with Gasteiger partial charge in [0.15, 0.2) is 0 Å². The number of hydrogen-bond acceptors (Lipinski definition) is 4. The van der Waals surface area contributed by atoms with Gasteiger partial charge in [-0.1, -0.05) is 12.1 Å². The second-order valence-electron chi connectivity index (χ2n) is 7.16. The molecule has 7 heteroatoms. The quantitative estimate of drug-likeness (QED) is 0.836. The average Bonchev–Trinajstić information content (AvgIpc) is 3.19. The molecule has 25 heavy (non-hydrogen) atoms. The summed E-state index contributed by atoms with van der Waals surface area (Å²) in [6, 6.07) is 6.90. The lowest BCUT2D eigenvalue weighted by Gasteiger charge is -2.19. The summed E-state index contributed by atoms with van der Waals surface area (Å²) in [5, 5.41) is 3.32. The minimum absolute atomic E-state index is 0.0162. The summed E-state index contributed by atoms with van der Waals surface area (Å²) in [6.45, 7) is 1.66. The molecule has 2 fully saturated rings. The molecule has 1 aromatic heterocycles. The normalized spacial score (nSPS) is 25.5. The number of fused-ring (bicyclic) bond motifs is 2. The average molecular weight is 342 g/mol. The van der Waals surface area contributed by atoms with E-state index in [0.29, 0.717) is 29.2 Å². The number of nitrogens with two attached hydrogens (primary N) is 1. The fourth-order valence-electron chi connectivity index (χ4n) is 4.28. The topological polar surface area (TPSA) is 101 Å². The van der Waals surface area contributed by atoms with E-state index < -0.39 is 0 Å². The summed E-state index contributed by atoms with van der Waals surface area (Å²) in [5.74, 6) is 0.941. The highest BCUT2D eigenvalue weighted by atomic mass is 16.2. The second kappa shape index (κ2) is 6.15. The van der Waals surface area contributed by atoms with Gasteiger partial charge < -0.3 is 10.6 Å². The zero-order chi connectivity index (χ0) is 17.6. The van der Waals surface area contributed by atoms with Crippen LogP contribution in [-0.4, -0.2) is 39.7 Å². The molecule has 7 nitrogen and oxygen atoms in total. The van der Waals surface area contributed by atoms with E-state index in [1.54, 1.807) is 24.3 Å². The zero-order valence-corrected chi connectivity index (χ0v) is 14.0. The van der Waals surface area contributed by atoms with Gasteiger partial charge in [-0.25, -0.2) is 4.68 Å². The van der Waals surface area contributed by atoms with Crippen LogP contribution in [-0.2, 0) is 11.3 Å². The molecule has 2 heterocycles. The van der Waals surface area contributed by atoms with Gasteiger partial charge in [0.2, 0.25) is 5.91 Å². The first-order valence-corrected chi connectivity index (χ1v) is 8.80. The fraction of sp³-hybridized carbons (Fsp3) is 0.500. The Labute approximate surface area is 144 Å². The van der Waals surface area contributed by atoms with Gasteiger partial charge in [-0.3, -0.25) is 19.5 Å². The van der Waals surface area contributed by atoms with Crippen molar-refractivity contribution in [1.29, 1.82) is 0 Å². The Bertz CT molecular complexity index is 932. The third kappa shape index (κ3) is 2.78. The molecule has 0 bridgehead atoms. The smallest absolute Gasteiger partial charge is 0.273 e. The molecule has 3 unspecified atom stereocenters. The Morgan fingerprint density at radius 1 is 1.16 bits per heavy atom. The molecular formula is C18H22N4O3. The number of aromatic amines is 1. The summed E-state index contributed by atoms with van der Waals surface area (Å²) in [7, 11) is 0. The van der Waals surface area contributed by atoms with E-state index in [9.17, 15) is 14.4 Å². The molecule has 1 aliphatic carbocycles. The van der Waals surface area contributed by atoms with E-state index >= 15 is 0 Å². The number of carbonyl (C=O) groups is 1. The molecule has 1 saturated heterocycles. The Morgan fingerprint density at radius 3 is 2.68 bits per heavy atom. The van der Waals surface area contributed by atoms with Crippen molar-refractivity contribution in [2.45, 2.75) is 31.8 Å². The number of hydrogen-bond donors (Lipinski definition) is 2. The van der Waals surface area contributed by atoms with Crippen molar-refractivity contribution in [3.8, 4) is 0 Å². The summed E-state index contributed by atoms with van der Waals surface area (Å²) in [4.78, 5) is 38.9. The highest BCUT2D eigenvalue weighted by Gasteiger charge is 2.42. The molecule has 1 aliphatic heterocycles. The third-order valence-corrected chi connectivity index (χ3v) is 5.70. The van der Waals surface area contributed by atoms with Crippen LogP contribution in [0.25, 0.3) is 10.8 Å². The van der Waals surface area contributed by atoms with Gasteiger partial charge in [-0.15, -0.1) is 0 Å². The van der Waals surface area contributed by atoms with Crippen LogP contribution < -0.4 is 16.9 Å². The fourth-order valence-corrected chi connectivity index (χ4v) is 4.28. The van der Waals surface area contributed by atoms with Crippen molar-refractivity contribution >= 4 is 16.7 Å². The van der Waals surface area contributed by atoms with E-state index in [-0.39, 0.29) is 36.0 Å². The lowest BCUT2D eigenvalue weighted by atomic mass is 9.98. The van der Waals surface area contributed by atoms with E-state index in [2.05, 4.69) is 5.10 Å². The molecule has 2 aromatic rings. The molecule has 3 atom stereocenters. The minimum atomic E-state index is -0.315. The summed E-state index contributed by atoms with van der Waals surface area (Å²) < 4.78 is 1.24. The maximum absolute atomic E-state index is 12.5. The van der Waals surface area contributed by atoms with Crippen LogP contribution in [0.15, 0.2) is 33.9 Å². The van der Waals surface area contributed by atoms with Crippen molar-refractivity contribution in [3.05, 3.63) is 45.0 Å². The largest absolute Gasteiger partial charge is 0.342 e.